The second-order valence-corrected chi connectivity index (χ2v) is 8.58. The zero-order valence-electron chi connectivity index (χ0n) is 15.2. The number of nitrogens with zero attached hydrogens (tertiary/aromatic N) is 1. The van der Waals surface area contributed by atoms with Crippen molar-refractivity contribution in [3.63, 3.8) is 0 Å². The Bertz CT molecular complexity index is 966. The van der Waals surface area contributed by atoms with E-state index in [1.807, 2.05) is 24.3 Å². The van der Waals surface area contributed by atoms with E-state index >= 15 is 0 Å². The van der Waals surface area contributed by atoms with Crippen molar-refractivity contribution in [3.05, 3.63) is 59.7 Å². The van der Waals surface area contributed by atoms with Gasteiger partial charge in [-0.3, -0.25) is 4.79 Å². The summed E-state index contributed by atoms with van der Waals surface area (Å²) in [6.45, 7) is 2.13. The largest absolute Gasteiger partial charge is 0.449 e. The van der Waals surface area contributed by atoms with Crippen LogP contribution >= 0.6 is 0 Å². The van der Waals surface area contributed by atoms with Crippen molar-refractivity contribution in [2.24, 2.45) is 0 Å². The Labute approximate surface area is 158 Å². The number of amides is 1. The lowest BCUT2D eigenvalue weighted by molar-refractivity contribution is -0.126. The number of carbonyl (C=O) groups excluding carboxylic acids is 2. The van der Waals surface area contributed by atoms with Crippen LogP contribution < -0.4 is 4.90 Å². The predicted molar refractivity (Wildman–Crippen MR) is 102 cm³/mol. The molecule has 3 rings (SSSR count). The number of rotatable bonds is 4. The average molecular weight is 387 g/mol. The lowest BCUT2D eigenvalue weighted by atomic mass is 10.0. The molecule has 1 atom stereocenters. The highest BCUT2D eigenvalue weighted by molar-refractivity contribution is 7.90. The quantitative estimate of drug-likeness (QED) is 0.754. The first-order chi connectivity index (χ1) is 12.8. The minimum absolute atomic E-state index is 0.119. The molecule has 0 fully saturated rings. The fraction of sp³-hybridized carbons (Fsp3) is 0.300. The minimum Gasteiger partial charge on any atom is -0.449 e. The van der Waals surface area contributed by atoms with Gasteiger partial charge < -0.3 is 9.64 Å². The van der Waals surface area contributed by atoms with Crippen LogP contribution in [0.4, 0.5) is 5.69 Å². The number of sulfone groups is 1. The van der Waals surface area contributed by atoms with Gasteiger partial charge in [-0.2, -0.15) is 0 Å². The van der Waals surface area contributed by atoms with E-state index in [2.05, 4.69) is 0 Å². The maximum atomic E-state index is 12.8. The summed E-state index contributed by atoms with van der Waals surface area (Å²) in [7, 11) is -3.34. The van der Waals surface area contributed by atoms with Crippen LogP contribution in [0.15, 0.2) is 53.4 Å². The highest BCUT2D eigenvalue weighted by Crippen LogP contribution is 2.27. The van der Waals surface area contributed by atoms with Gasteiger partial charge in [0.25, 0.3) is 5.91 Å². The molecule has 27 heavy (non-hydrogen) atoms. The molecule has 1 aliphatic heterocycles. The molecule has 7 heteroatoms. The molecule has 0 N–H and O–H groups in total. The molecule has 0 aromatic heterocycles. The Balaban J connectivity index is 1.71. The van der Waals surface area contributed by atoms with Crippen molar-refractivity contribution < 1.29 is 22.7 Å². The molecular formula is C20H21NO5S. The number of benzene rings is 2. The SMILES string of the molecule is C[C@@H](OC(=O)c1ccc(S(C)(=O)=O)cc1)C(=O)N1CCCc2ccccc21. The number of para-hydroxylation sites is 1. The first-order valence-electron chi connectivity index (χ1n) is 8.68. The summed E-state index contributed by atoms with van der Waals surface area (Å²) in [5, 5.41) is 0. The van der Waals surface area contributed by atoms with E-state index in [-0.39, 0.29) is 16.4 Å². The Morgan fingerprint density at radius 3 is 2.41 bits per heavy atom. The van der Waals surface area contributed by atoms with Gasteiger partial charge in [0.15, 0.2) is 15.9 Å². The predicted octanol–water partition coefficient (Wildman–Crippen LogP) is 2.61. The highest BCUT2D eigenvalue weighted by atomic mass is 32.2. The fourth-order valence-corrected chi connectivity index (χ4v) is 3.73. The molecule has 0 bridgehead atoms. The Kier molecular flexibility index (Phi) is 5.32. The van der Waals surface area contributed by atoms with Crippen molar-refractivity contribution in [2.75, 3.05) is 17.7 Å². The van der Waals surface area contributed by atoms with Gasteiger partial charge in [0.2, 0.25) is 0 Å². The van der Waals surface area contributed by atoms with Crippen LogP contribution in [-0.2, 0) is 25.8 Å². The Morgan fingerprint density at radius 2 is 1.74 bits per heavy atom. The maximum Gasteiger partial charge on any atom is 0.338 e. The lowest BCUT2D eigenvalue weighted by Crippen LogP contribution is -2.42. The molecule has 0 spiro atoms. The van der Waals surface area contributed by atoms with Crippen LogP contribution in [-0.4, -0.2) is 39.2 Å². The van der Waals surface area contributed by atoms with Gasteiger partial charge in [0.1, 0.15) is 0 Å². The summed E-state index contributed by atoms with van der Waals surface area (Å²) in [6.07, 6.45) is 1.92. The van der Waals surface area contributed by atoms with E-state index in [0.29, 0.717) is 6.54 Å². The number of carbonyl (C=O) groups is 2. The zero-order valence-corrected chi connectivity index (χ0v) is 16.0. The fourth-order valence-electron chi connectivity index (χ4n) is 3.10. The van der Waals surface area contributed by atoms with Gasteiger partial charge in [-0.25, -0.2) is 13.2 Å². The first kappa shape index (κ1) is 19.1. The minimum atomic E-state index is -3.34. The van der Waals surface area contributed by atoms with Crippen molar-refractivity contribution in [1.29, 1.82) is 0 Å². The van der Waals surface area contributed by atoms with E-state index in [0.717, 1.165) is 30.3 Å². The number of hydrogen-bond acceptors (Lipinski definition) is 5. The third-order valence-corrected chi connectivity index (χ3v) is 5.65. The smallest absolute Gasteiger partial charge is 0.338 e. The number of esters is 1. The summed E-state index contributed by atoms with van der Waals surface area (Å²) < 4.78 is 28.3. The van der Waals surface area contributed by atoms with Crippen LogP contribution in [0.2, 0.25) is 0 Å². The molecule has 1 heterocycles. The number of anilines is 1. The molecule has 2 aromatic rings. The van der Waals surface area contributed by atoms with Gasteiger partial charge in [-0.15, -0.1) is 0 Å². The van der Waals surface area contributed by atoms with Crippen molar-refractivity contribution in [1.82, 2.24) is 0 Å². The van der Waals surface area contributed by atoms with E-state index < -0.39 is 21.9 Å². The standard InChI is InChI=1S/C20H21NO5S/c1-14(19(22)21-13-5-7-15-6-3-4-8-18(15)21)26-20(23)16-9-11-17(12-10-16)27(2,24)25/h3-4,6,8-12,14H,5,7,13H2,1-2H3/t14-/m1/s1. The average Bonchev–Trinajstić information content (AvgIpc) is 2.66. The second-order valence-electron chi connectivity index (χ2n) is 6.57. The topological polar surface area (TPSA) is 80.8 Å². The molecule has 1 aliphatic rings. The van der Waals surface area contributed by atoms with Crippen LogP contribution in [0.3, 0.4) is 0 Å². The van der Waals surface area contributed by atoms with Gasteiger partial charge in [-0.05, 0) is 55.7 Å². The molecule has 1 amide bonds. The molecule has 0 saturated heterocycles. The molecule has 0 saturated carbocycles. The molecule has 6 nitrogen and oxygen atoms in total. The number of aryl methyl sites for hydroxylation is 1. The molecule has 0 unspecified atom stereocenters. The number of ether oxygens (including phenoxy) is 1. The van der Waals surface area contributed by atoms with Gasteiger partial charge in [-0.1, -0.05) is 18.2 Å². The van der Waals surface area contributed by atoms with Crippen molar-refractivity contribution in [2.45, 2.75) is 30.8 Å². The van der Waals surface area contributed by atoms with Crippen LogP contribution in [0.25, 0.3) is 0 Å². The Hall–Kier alpha value is -2.67. The molecule has 0 aliphatic carbocycles. The summed E-state index contributed by atoms with van der Waals surface area (Å²) in [4.78, 5) is 26.9. The highest BCUT2D eigenvalue weighted by Gasteiger charge is 2.28. The normalized spacial score (nSPS) is 15.0. The Morgan fingerprint density at radius 1 is 1.07 bits per heavy atom. The lowest BCUT2D eigenvalue weighted by Gasteiger charge is -2.31. The number of fused-ring (bicyclic) bond motifs is 1. The molecule has 142 valence electrons. The zero-order chi connectivity index (χ0) is 19.6. The van der Waals surface area contributed by atoms with Crippen molar-refractivity contribution >= 4 is 27.4 Å². The van der Waals surface area contributed by atoms with Gasteiger partial charge in [0.05, 0.1) is 10.5 Å². The summed E-state index contributed by atoms with van der Waals surface area (Å²) in [5.41, 5.74) is 2.15. The van der Waals surface area contributed by atoms with Crippen LogP contribution in [0, 0.1) is 0 Å². The first-order valence-corrected chi connectivity index (χ1v) is 10.6. The maximum absolute atomic E-state index is 12.8. The molecule has 0 radical (unpaired) electrons. The number of hydrogen-bond donors (Lipinski definition) is 0. The van der Waals surface area contributed by atoms with E-state index in [1.165, 1.54) is 24.3 Å². The third-order valence-electron chi connectivity index (χ3n) is 4.53. The van der Waals surface area contributed by atoms with Crippen LogP contribution in [0.1, 0.15) is 29.3 Å². The second kappa shape index (κ2) is 7.52. The van der Waals surface area contributed by atoms with E-state index in [1.54, 1.807) is 11.8 Å². The van der Waals surface area contributed by atoms with Gasteiger partial charge >= 0.3 is 5.97 Å². The summed E-state index contributed by atoms with van der Waals surface area (Å²) >= 11 is 0. The summed E-state index contributed by atoms with van der Waals surface area (Å²) in [6, 6.07) is 13.2. The third kappa shape index (κ3) is 4.19. The summed E-state index contributed by atoms with van der Waals surface area (Å²) in [5.74, 6) is -0.940. The van der Waals surface area contributed by atoms with E-state index in [4.69, 9.17) is 4.74 Å². The molecular weight excluding hydrogens is 366 g/mol. The van der Waals surface area contributed by atoms with Crippen LogP contribution in [0.5, 0.6) is 0 Å². The van der Waals surface area contributed by atoms with Crippen molar-refractivity contribution in [3.8, 4) is 0 Å². The van der Waals surface area contributed by atoms with E-state index in [9.17, 15) is 18.0 Å². The molecule has 2 aromatic carbocycles. The van der Waals surface area contributed by atoms with Gasteiger partial charge in [0, 0.05) is 18.5 Å². The monoisotopic (exact) mass is 387 g/mol.